The van der Waals surface area contributed by atoms with Crippen LogP contribution in [-0.2, 0) is 4.74 Å². The summed E-state index contributed by atoms with van der Waals surface area (Å²) < 4.78 is 4.90. The van der Waals surface area contributed by atoms with Gasteiger partial charge >= 0.3 is 0 Å². The smallest absolute Gasteiger partial charge is 0.271 e. The molecule has 0 aromatic carbocycles. The van der Waals surface area contributed by atoms with Gasteiger partial charge in [0.1, 0.15) is 5.82 Å². The highest BCUT2D eigenvalue weighted by molar-refractivity contribution is 5.92. The van der Waals surface area contributed by atoms with E-state index in [0.717, 1.165) is 13.0 Å². The van der Waals surface area contributed by atoms with Gasteiger partial charge < -0.3 is 15.4 Å². The summed E-state index contributed by atoms with van der Waals surface area (Å²) in [7, 11) is 1.64. The van der Waals surface area contributed by atoms with Crippen molar-refractivity contribution in [3.63, 3.8) is 0 Å². The predicted molar refractivity (Wildman–Crippen MR) is 74.2 cm³/mol. The van der Waals surface area contributed by atoms with Gasteiger partial charge in [-0.1, -0.05) is 13.8 Å². The Morgan fingerprint density at radius 1 is 1.37 bits per heavy atom. The van der Waals surface area contributed by atoms with Gasteiger partial charge in [-0.15, -0.1) is 10.2 Å². The number of ether oxygens (including phenoxy) is 1. The normalized spacial score (nSPS) is 10.5. The van der Waals surface area contributed by atoms with Crippen molar-refractivity contribution in [3.05, 3.63) is 17.8 Å². The Balaban J connectivity index is 2.40. The van der Waals surface area contributed by atoms with E-state index in [0.29, 0.717) is 30.6 Å². The van der Waals surface area contributed by atoms with Crippen molar-refractivity contribution >= 4 is 11.7 Å². The van der Waals surface area contributed by atoms with Crippen LogP contribution in [0.1, 0.15) is 30.8 Å². The summed E-state index contributed by atoms with van der Waals surface area (Å²) in [5.74, 6) is 1.01. The molecule has 0 bridgehead atoms. The van der Waals surface area contributed by atoms with Gasteiger partial charge in [0.15, 0.2) is 5.69 Å². The van der Waals surface area contributed by atoms with Crippen molar-refractivity contribution in [2.24, 2.45) is 5.92 Å². The number of carbonyl (C=O) groups excluding carboxylic acids is 1. The van der Waals surface area contributed by atoms with E-state index in [4.69, 9.17) is 4.74 Å². The van der Waals surface area contributed by atoms with E-state index >= 15 is 0 Å². The van der Waals surface area contributed by atoms with Gasteiger partial charge in [0, 0.05) is 26.8 Å². The Kier molecular flexibility index (Phi) is 6.81. The van der Waals surface area contributed by atoms with Crippen molar-refractivity contribution in [2.45, 2.75) is 20.3 Å². The first-order chi connectivity index (χ1) is 9.13. The average Bonchev–Trinajstić information content (AvgIpc) is 2.41. The molecule has 0 aliphatic rings. The third kappa shape index (κ3) is 6.15. The van der Waals surface area contributed by atoms with Crippen LogP contribution in [-0.4, -0.2) is 42.9 Å². The predicted octanol–water partition coefficient (Wildman–Crippen LogP) is 1.31. The number of anilines is 1. The molecular formula is C13H22N4O2. The number of hydrogen-bond donors (Lipinski definition) is 2. The molecule has 0 spiro atoms. The number of amides is 1. The monoisotopic (exact) mass is 266 g/mol. The zero-order chi connectivity index (χ0) is 14.1. The molecule has 1 aromatic heterocycles. The molecule has 6 heteroatoms. The van der Waals surface area contributed by atoms with Crippen molar-refractivity contribution in [1.29, 1.82) is 0 Å². The number of nitrogens with one attached hydrogen (secondary N) is 2. The van der Waals surface area contributed by atoms with Crippen LogP contribution in [0.2, 0.25) is 0 Å². The van der Waals surface area contributed by atoms with Gasteiger partial charge in [-0.25, -0.2) is 0 Å². The van der Waals surface area contributed by atoms with E-state index in [9.17, 15) is 4.79 Å². The largest absolute Gasteiger partial charge is 0.385 e. The van der Waals surface area contributed by atoms with Crippen molar-refractivity contribution in [3.8, 4) is 0 Å². The number of aromatic nitrogens is 2. The van der Waals surface area contributed by atoms with Crippen LogP contribution in [0.4, 0.5) is 5.82 Å². The maximum atomic E-state index is 11.7. The Hall–Kier alpha value is -1.69. The molecule has 6 nitrogen and oxygen atoms in total. The minimum atomic E-state index is -0.209. The summed E-state index contributed by atoms with van der Waals surface area (Å²) in [4.78, 5) is 11.7. The third-order valence-corrected chi connectivity index (χ3v) is 2.40. The zero-order valence-electron chi connectivity index (χ0n) is 11.8. The lowest BCUT2D eigenvalue weighted by Gasteiger charge is -2.08. The molecule has 0 radical (unpaired) electrons. The Morgan fingerprint density at radius 3 is 2.74 bits per heavy atom. The second-order valence-electron chi connectivity index (χ2n) is 4.68. The molecule has 1 amide bonds. The van der Waals surface area contributed by atoms with E-state index in [2.05, 4.69) is 34.7 Å². The minimum absolute atomic E-state index is 0.209. The van der Waals surface area contributed by atoms with Crippen LogP contribution < -0.4 is 10.6 Å². The Bertz CT molecular complexity index is 379. The molecule has 0 saturated carbocycles. The highest BCUT2D eigenvalue weighted by Gasteiger charge is 2.07. The lowest BCUT2D eigenvalue weighted by Crippen LogP contribution is -2.26. The van der Waals surface area contributed by atoms with Crippen LogP contribution in [0.3, 0.4) is 0 Å². The average molecular weight is 266 g/mol. The molecule has 0 aliphatic heterocycles. The fourth-order valence-corrected chi connectivity index (χ4v) is 1.37. The molecule has 0 aliphatic carbocycles. The summed E-state index contributed by atoms with van der Waals surface area (Å²) in [6.07, 6.45) is 0.781. The summed E-state index contributed by atoms with van der Waals surface area (Å²) in [6, 6.07) is 3.43. The van der Waals surface area contributed by atoms with Gasteiger partial charge in [0.2, 0.25) is 0 Å². The SMILES string of the molecule is COCCCNC(=O)c1ccc(NCC(C)C)nn1. The Morgan fingerprint density at radius 2 is 2.16 bits per heavy atom. The third-order valence-electron chi connectivity index (χ3n) is 2.40. The van der Waals surface area contributed by atoms with E-state index in [1.165, 1.54) is 0 Å². The number of carbonyl (C=O) groups is 1. The van der Waals surface area contributed by atoms with Gasteiger partial charge in [-0.05, 0) is 24.5 Å². The molecule has 19 heavy (non-hydrogen) atoms. The van der Waals surface area contributed by atoms with Crippen molar-refractivity contribution < 1.29 is 9.53 Å². The van der Waals surface area contributed by atoms with Crippen molar-refractivity contribution in [2.75, 3.05) is 32.1 Å². The van der Waals surface area contributed by atoms with Gasteiger partial charge in [-0.3, -0.25) is 4.79 Å². The van der Waals surface area contributed by atoms with E-state index in [1.54, 1.807) is 19.2 Å². The first-order valence-corrected chi connectivity index (χ1v) is 6.48. The molecule has 2 N–H and O–H groups in total. The summed E-state index contributed by atoms with van der Waals surface area (Å²) in [6.45, 7) is 6.26. The summed E-state index contributed by atoms with van der Waals surface area (Å²) in [5.41, 5.74) is 0.326. The number of rotatable bonds is 8. The number of nitrogens with zero attached hydrogens (tertiary/aromatic N) is 2. The van der Waals surface area contributed by atoms with Gasteiger partial charge in [0.25, 0.3) is 5.91 Å². The van der Waals surface area contributed by atoms with Gasteiger partial charge in [0.05, 0.1) is 0 Å². The second-order valence-corrected chi connectivity index (χ2v) is 4.68. The molecule has 0 fully saturated rings. The lowest BCUT2D eigenvalue weighted by atomic mass is 10.2. The highest BCUT2D eigenvalue weighted by atomic mass is 16.5. The first-order valence-electron chi connectivity index (χ1n) is 6.48. The van der Waals surface area contributed by atoms with E-state index in [1.807, 2.05) is 0 Å². The number of hydrogen-bond acceptors (Lipinski definition) is 5. The maximum absolute atomic E-state index is 11.7. The standard InChI is InChI=1S/C13H22N4O2/c1-10(2)9-15-12-6-5-11(16-17-12)13(18)14-7-4-8-19-3/h5-6,10H,4,7-9H2,1-3H3,(H,14,18)(H,15,17). The topological polar surface area (TPSA) is 76.1 Å². The highest BCUT2D eigenvalue weighted by Crippen LogP contribution is 2.03. The zero-order valence-corrected chi connectivity index (χ0v) is 11.8. The molecule has 1 heterocycles. The van der Waals surface area contributed by atoms with Crippen LogP contribution in [0.25, 0.3) is 0 Å². The van der Waals surface area contributed by atoms with E-state index < -0.39 is 0 Å². The molecule has 1 rings (SSSR count). The van der Waals surface area contributed by atoms with E-state index in [-0.39, 0.29) is 5.91 Å². The van der Waals surface area contributed by atoms with Crippen LogP contribution in [0.15, 0.2) is 12.1 Å². The molecule has 0 atom stereocenters. The summed E-state index contributed by atoms with van der Waals surface area (Å²) >= 11 is 0. The van der Waals surface area contributed by atoms with Crippen LogP contribution in [0.5, 0.6) is 0 Å². The Labute approximate surface area is 113 Å². The molecule has 0 saturated heterocycles. The first kappa shape index (κ1) is 15.4. The molecule has 106 valence electrons. The molecular weight excluding hydrogens is 244 g/mol. The quantitative estimate of drug-likeness (QED) is 0.694. The van der Waals surface area contributed by atoms with Crippen LogP contribution >= 0.6 is 0 Å². The van der Waals surface area contributed by atoms with Crippen LogP contribution in [0, 0.1) is 5.92 Å². The minimum Gasteiger partial charge on any atom is -0.385 e. The number of methoxy groups -OCH3 is 1. The lowest BCUT2D eigenvalue weighted by molar-refractivity contribution is 0.0942. The maximum Gasteiger partial charge on any atom is 0.271 e. The molecule has 0 unspecified atom stereocenters. The molecule has 1 aromatic rings. The van der Waals surface area contributed by atoms with Crippen molar-refractivity contribution in [1.82, 2.24) is 15.5 Å². The second kappa shape index (κ2) is 8.42. The fourth-order valence-electron chi connectivity index (χ4n) is 1.37. The fraction of sp³-hybridized carbons (Fsp3) is 0.615. The van der Waals surface area contributed by atoms with Gasteiger partial charge in [-0.2, -0.15) is 0 Å². The summed E-state index contributed by atoms with van der Waals surface area (Å²) in [5, 5.41) is 13.8.